The highest BCUT2D eigenvalue weighted by atomic mass is 19.1. The van der Waals surface area contributed by atoms with Crippen LogP contribution in [0.5, 0.6) is 0 Å². The molecule has 2 aliphatic heterocycles. The molecule has 0 aliphatic carbocycles. The number of fused-ring (bicyclic) bond motifs is 3. The van der Waals surface area contributed by atoms with Crippen LogP contribution in [0.1, 0.15) is 28.5 Å². The van der Waals surface area contributed by atoms with E-state index in [4.69, 9.17) is 0 Å². The Balaban J connectivity index is 1.58. The number of carbonyl (C=O) groups excluding carboxylic acids is 1. The van der Waals surface area contributed by atoms with Crippen LogP contribution in [-0.2, 0) is 0 Å². The van der Waals surface area contributed by atoms with Gasteiger partial charge in [0.25, 0.3) is 5.91 Å². The molecule has 0 saturated carbocycles. The SMILES string of the molecule is O=C(c1ccccn1)N1CC[C@@H]2[C@H](CO)Nc3ccc(-c4cccc(F)c4)cc3[C@@H]21. The highest BCUT2D eigenvalue weighted by molar-refractivity contribution is 5.93. The lowest BCUT2D eigenvalue weighted by atomic mass is 9.82. The van der Waals surface area contributed by atoms with Crippen LogP contribution in [0.3, 0.4) is 0 Å². The van der Waals surface area contributed by atoms with Crippen molar-refractivity contribution >= 4 is 11.6 Å². The molecule has 3 heterocycles. The lowest BCUT2D eigenvalue weighted by molar-refractivity contribution is 0.0695. The van der Waals surface area contributed by atoms with Crippen molar-refractivity contribution in [3.8, 4) is 11.1 Å². The summed E-state index contributed by atoms with van der Waals surface area (Å²) in [5.74, 6) is -0.295. The summed E-state index contributed by atoms with van der Waals surface area (Å²) in [4.78, 5) is 19.3. The van der Waals surface area contributed by atoms with Crippen molar-refractivity contribution in [3.63, 3.8) is 0 Å². The van der Waals surface area contributed by atoms with Gasteiger partial charge in [-0.25, -0.2) is 4.39 Å². The largest absolute Gasteiger partial charge is 0.394 e. The Morgan fingerprint density at radius 1 is 1.13 bits per heavy atom. The van der Waals surface area contributed by atoms with Crippen LogP contribution in [0.25, 0.3) is 11.1 Å². The number of amides is 1. The monoisotopic (exact) mass is 403 g/mol. The molecule has 6 heteroatoms. The van der Waals surface area contributed by atoms with Gasteiger partial charge in [0.15, 0.2) is 0 Å². The zero-order chi connectivity index (χ0) is 20.7. The van der Waals surface area contributed by atoms with Crippen LogP contribution in [-0.4, -0.2) is 40.1 Å². The second kappa shape index (κ2) is 7.54. The van der Waals surface area contributed by atoms with E-state index >= 15 is 0 Å². The summed E-state index contributed by atoms with van der Waals surface area (Å²) in [6, 6.07) is 17.5. The van der Waals surface area contributed by atoms with Crippen molar-refractivity contribution in [1.82, 2.24) is 9.88 Å². The molecule has 1 saturated heterocycles. The summed E-state index contributed by atoms with van der Waals surface area (Å²) in [6.45, 7) is 0.602. The minimum absolute atomic E-state index is 0.00211. The first-order valence-electron chi connectivity index (χ1n) is 10.1. The number of likely N-dealkylation sites (tertiary alicyclic amines) is 1. The van der Waals surface area contributed by atoms with Gasteiger partial charge < -0.3 is 15.3 Å². The number of hydrogen-bond acceptors (Lipinski definition) is 4. The van der Waals surface area contributed by atoms with Crippen LogP contribution < -0.4 is 5.32 Å². The van der Waals surface area contributed by atoms with Crippen LogP contribution in [0, 0.1) is 11.7 Å². The minimum Gasteiger partial charge on any atom is -0.394 e. The highest BCUT2D eigenvalue weighted by Gasteiger charge is 2.46. The quantitative estimate of drug-likeness (QED) is 0.697. The zero-order valence-corrected chi connectivity index (χ0v) is 16.3. The number of rotatable bonds is 3. The topological polar surface area (TPSA) is 65.5 Å². The van der Waals surface area contributed by atoms with Gasteiger partial charge >= 0.3 is 0 Å². The lowest BCUT2D eigenvalue weighted by Gasteiger charge is -2.39. The highest BCUT2D eigenvalue weighted by Crippen LogP contribution is 2.47. The van der Waals surface area contributed by atoms with E-state index < -0.39 is 0 Å². The van der Waals surface area contributed by atoms with E-state index in [1.165, 1.54) is 12.1 Å². The fraction of sp³-hybridized carbons (Fsp3) is 0.250. The molecule has 0 bridgehead atoms. The molecule has 0 radical (unpaired) electrons. The van der Waals surface area contributed by atoms with Crippen molar-refractivity contribution in [3.05, 3.63) is 83.9 Å². The molecule has 5 nitrogen and oxygen atoms in total. The van der Waals surface area contributed by atoms with Crippen LogP contribution in [0.4, 0.5) is 10.1 Å². The summed E-state index contributed by atoms with van der Waals surface area (Å²) in [5.41, 5.74) is 4.00. The molecule has 3 atom stereocenters. The molecule has 0 spiro atoms. The Hall–Kier alpha value is -3.25. The van der Waals surface area contributed by atoms with E-state index in [9.17, 15) is 14.3 Å². The average Bonchev–Trinajstić information content (AvgIpc) is 3.24. The molecular weight excluding hydrogens is 381 g/mol. The summed E-state index contributed by atoms with van der Waals surface area (Å²) >= 11 is 0. The number of pyridine rings is 1. The smallest absolute Gasteiger partial charge is 0.272 e. The number of halogens is 1. The van der Waals surface area contributed by atoms with E-state index in [0.29, 0.717) is 12.2 Å². The maximum Gasteiger partial charge on any atom is 0.272 e. The molecule has 0 unspecified atom stereocenters. The second-order valence-electron chi connectivity index (χ2n) is 7.86. The average molecular weight is 403 g/mol. The number of nitrogens with one attached hydrogen (secondary N) is 1. The van der Waals surface area contributed by atoms with Crippen molar-refractivity contribution in [2.75, 3.05) is 18.5 Å². The molecule has 1 aromatic heterocycles. The van der Waals surface area contributed by atoms with Gasteiger partial charge in [-0.3, -0.25) is 9.78 Å². The van der Waals surface area contributed by atoms with E-state index in [2.05, 4.69) is 10.3 Å². The standard InChI is InChI=1S/C24H22FN3O2/c25-17-5-3-4-15(12-17)16-7-8-20-19(13-16)23-18(22(14-29)27-20)9-11-28(23)24(30)21-6-1-2-10-26-21/h1-8,10,12-13,18,22-23,27,29H,9,11,14H2/t18-,22+,23-/m1/s1. The van der Waals surface area contributed by atoms with Crippen molar-refractivity contribution in [2.45, 2.75) is 18.5 Å². The van der Waals surface area contributed by atoms with E-state index in [1.54, 1.807) is 24.4 Å². The Bertz CT molecular complexity index is 1090. The number of hydrogen-bond donors (Lipinski definition) is 2. The van der Waals surface area contributed by atoms with Gasteiger partial charge in [-0.1, -0.05) is 24.3 Å². The predicted octanol–water partition coefficient (Wildman–Crippen LogP) is 3.88. The van der Waals surface area contributed by atoms with E-state index in [1.807, 2.05) is 35.2 Å². The van der Waals surface area contributed by atoms with Gasteiger partial charge in [0.05, 0.1) is 18.7 Å². The maximum absolute atomic E-state index is 13.8. The molecule has 1 amide bonds. The Morgan fingerprint density at radius 2 is 2.00 bits per heavy atom. The lowest BCUT2D eigenvalue weighted by Crippen LogP contribution is -2.43. The van der Waals surface area contributed by atoms with Crippen molar-refractivity contribution in [1.29, 1.82) is 0 Å². The van der Waals surface area contributed by atoms with Gasteiger partial charge in [-0.05, 0) is 59.5 Å². The van der Waals surface area contributed by atoms with Crippen molar-refractivity contribution < 1.29 is 14.3 Å². The van der Waals surface area contributed by atoms with Gasteiger partial charge in [0, 0.05) is 24.3 Å². The first-order valence-corrected chi connectivity index (χ1v) is 10.1. The summed E-state index contributed by atoms with van der Waals surface area (Å²) < 4.78 is 13.8. The maximum atomic E-state index is 13.8. The number of aromatic nitrogens is 1. The van der Waals surface area contributed by atoms with E-state index in [0.717, 1.165) is 28.8 Å². The number of nitrogens with zero attached hydrogens (tertiary/aromatic N) is 2. The van der Waals surface area contributed by atoms with Gasteiger partial charge in [0.2, 0.25) is 0 Å². The third-order valence-corrected chi connectivity index (χ3v) is 6.17. The summed E-state index contributed by atoms with van der Waals surface area (Å²) in [6.07, 6.45) is 2.42. The van der Waals surface area contributed by atoms with Gasteiger partial charge in [-0.15, -0.1) is 0 Å². The normalized spacial score (nSPS) is 22.2. The predicted molar refractivity (Wildman–Crippen MR) is 112 cm³/mol. The number of carbonyl (C=O) groups is 1. The molecular formula is C24H22FN3O2. The van der Waals surface area contributed by atoms with Crippen LogP contribution in [0.15, 0.2) is 66.9 Å². The summed E-state index contributed by atoms with van der Waals surface area (Å²) in [5, 5.41) is 13.4. The van der Waals surface area contributed by atoms with Gasteiger partial charge in [-0.2, -0.15) is 0 Å². The first-order chi connectivity index (χ1) is 14.7. The second-order valence-corrected chi connectivity index (χ2v) is 7.86. The zero-order valence-electron chi connectivity index (χ0n) is 16.3. The Kier molecular flexibility index (Phi) is 4.71. The molecule has 5 rings (SSSR count). The Morgan fingerprint density at radius 3 is 2.77 bits per heavy atom. The van der Waals surface area contributed by atoms with Crippen molar-refractivity contribution in [2.24, 2.45) is 5.92 Å². The third-order valence-electron chi connectivity index (χ3n) is 6.17. The fourth-order valence-electron chi connectivity index (χ4n) is 4.77. The minimum atomic E-state index is -0.283. The molecule has 1 fully saturated rings. The number of aliphatic hydroxyl groups excluding tert-OH is 1. The summed E-state index contributed by atoms with van der Waals surface area (Å²) in [7, 11) is 0. The molecule has 2 aliphatic rings. The van der Waals surface area contributed by atoms with E-state index in [-0.39, 0.29) is 36.3 Å². The molecule has 2 aromatic carbocycles. The Labute approximate surface area is 174 Å². The molecule has 2 N–H and O–H groups in total. The number of aliphatic hydroxyl groups is 1. The molecule has 3 aromatic rings. The number of benzene rings is 2. The fourth-order valence-corrected chi connectivity index (χ4v) is 4.77. The van der Waals surface area contributed by atoms with Crippen LogP contribution in [0.2, 0.25) is 0 Å². The van der Waals surface area contributed by atoms with Crippen LogP contribution >= 0.6 is 0 Å². The number of anilines is 1. The third kappa shape index (κ3) is 3.13. The first kappa shape index (κ1) is 18.8. The molecule has 152 valence electrons. The molecule has 30 heavy (non-hydrogen) atoms. The van der Waals surface area contributed by atoms with Gasteiger partial charge in [0.1, 0.15) is 11.5 Å².